The first-order chi connectivity index (χ1) is 5.84. The third-order valence-electron chi connectivity index (χ3n) is 2.01. The predicted molar refractivity (Wildman–Crippen MR) is 44.6 cm³/mol. The molecule has 0 aromatic carbocycles. The maximum absolute atomic E-state index is 9.50. The molecule has 1 heterocycles. The van der Waals surface area contributed by atoms with Crippen LogP contribution in [0.2, 0.25) is 0 Å². The van der Waals surface area contributed by atoms with Crippen LogP contribution in [0.15, 0.2) is 0 Å². The van der Waals surface area contributed by atoms with Crippen molar-refractivity contribution in [1.29, 1.82) is 0 Å². The molecule has 1 aliphatic rings. The smallest absolute Gasteiger partial charge is 0.111 e. The van der Waals surface area contributed by atoms with Crippen LogP contribution in [0.5, 0.6) is 0 Å². The van der Waals surface area contributed by atoms with Crippen molar-refractivity contribution in [1.82, 2.24) is 5.32 Å². The van der Waals surface area contributed by atoms with E-state index in [0.29, 0.717) is 19.9 Å². The van der Waals surface area contributed by atoms with E-state index in [1.165, 1.54) is 0 Å². The van der Waals surface area contributed by atoms with Crippen molar-refractivity contribution in [3.8, 4) is 0 Å². The minimum Gasteiger partial charge on any atom is -0.381 e. The summed E-state index contributed by atoms with van der Waals surface area (Å²) in [6.07, 6.45) is 0.444. The van der Waals surface area contributed by atoms with Gasteiger partial charge in [0.25, 0.3) is 0 Å². The van der Waals surface area contributed by atoms with Gasteiger partial charge in [0.2, 0.25) is 0 Å². The van der Waals surface area contributed by atoms with Crippen LogP contribution >= 0.6 is 0 Å². The van der Waals surface area contributed by atoms with Crippen LogP contribution < -0.4 is 5.32 Å². The predicted octanol–water partition coefficient (Wildman–Crippen LogP) is -0.0751. The van der Waals surface area contributed by atoms with Crippen molar-refractivity contribution in [2.75, 3.05) is 26.6 Å². The van der Waals surface area contributed by atoms with E-state index in [0.717, 1.165) is 13.0 Å². The Bertz CT molecular complexity index is 115. The lowest BCUT2D eigenvalue weighted by atomic mass is 10.1. The lowest BCUT2D eigenvalue weighted by Gasteiger charge is -2.17. The van der Waals surface area contributed by atoms with Crippen molar-refractivity contribution in [2.24, 2.45) is 5.92 Å². The average molecular weight is 175 g/mol. The van der Waals surface area contributed by atoms with Crippen molar-refractivity contribution < 1.29 is 14.6 Å². The zero-order chi connectivity index (χ0) is 8.81. The Kier molecular flexibility index (Phi) is 4.53. The molecule has 0 aromatic rings. The van der Waals surface area contributed by atoms with Gasteiger partial charge in [0, 0.05) is 19.1 Å². The molecule has 72 valence electrons. The summed E-state index contributed by atoms with van der Waals surface area (Å²) in [5.41, 5.74) is 0. The fourth-order valence-electron chi connectivity index (χ4n) is 1.21. The number of aliphatic hydroxyl groups excluding tert-OH is 1. The molecule has 1 saturated heterocycles. The quantitative estimate of drug-likeness (QED) is 0.453. The Labute approximate surface area is 72.9 Å². The van der Waals surface area contributed by atoms with E-state index >= 15 is 0 Å². The highest BCUT2D eigenvalue weighted by atomic mass is 16.5. The van der Waals surface area contributed by atoms with Crippen LogP contribution in [-0.4, -0.2) is 37.9 Å². The highest BCUT2D eigenvalue weighted by Crippen LogP contribution is 2.14. The van der Waals surface area contributed by atoms with E-state index in [1.54, 1.807) is 0 Å². The Morgan fingerprint density at radius 1 is 1.75 bits per heavy atom. The minimum absolute atomic E-state index is 0.227. The van der Waals surface area contributed by atoms with Crippen LogP contribution in [0.4, 0.5) is 0 Å². The highest BCUT2D eigenvalue weighted by Gasteiger charge is 2.23. The molecule has 1 fully saturated rings. The first-order valence-corrected chi connectivity index (χ1v) is 4.41. The molecular formula is C8H17NO3. The van der Waals surface area contributed by atoms with Crippen molar-refractivity contribution in [3.05, 3.63) is 0 Å². The van der Waals surface area contributed by atoms with Crippen molar-refractivity contribution in [3.63, 3.8) is 0 Å². The topological polar surface area (TPSA) is 50.7 Å². The van der Waals surface area contributed by atoms with Gasteiger partial charge in [-0.15, -0.1) is 0 Å². The van der Waals surface area contributed by atoms with Gasteiger partial charge in [0.1, 0.15) is 6.23 Å². The molecule has 1 rings (SSSR count). The normalized spacial score (nSPS) is 26.0. The van der Waals surface area contributed by atoms with Crippen LogP contribution in [-0.2, 0) is 9.47 Å². The summed E-state index contributed by atoms with van der Waals surface area (Å²) >= 11 is 0. The third kappa shape index (κ3) is 3.06. The van der Waals surface area contributed by atoms with Gasteiger partial charge in [-0.1, -0.05) is 0 Å². The molecule has 1 aliphatic heterocycles. The molecule has 2 N–H and O–H groups in total. The standard InChI is InChI=1S/C8H17NO3/c1-2-11-6-9-8(10)7-3-4-12-5-7/h7-10H,2-6H2,1H3. The Morgan fingerprint density at radius 2 is 2.58 bits per heavy atom. The fraction of sp³-hybridized carbons (Fsp3) is 1.00. The van der Waals surface area contributed by atoms with Crippen LogP contribution in [0.3, 0.4) is 0 Å². The number of hydrogen-bond donors (Lipinski definition) is 2. The van der Waals surface area contributed by atoms with E-state index in [2.05, 4.69) is 5.32 Å². The second-order valence-electron chi connectivity index (χ2n) is 2.91. The Hall–Kier alpha value is -0.160. The van der Waals surface area contributed by atoms with Gasteiger partial charge in [-0.25, -0.2) is 0 Å². The van der Waals surface area contributed by atoms with Gasteiger partial charge >= 0.3 is 0 Å². The summed E-state index contributed by atoms with van der Waals surface area (Å²) < 4.78 is 10.2. The first kappa shape index (κ1) is 9.92. The van der Waals surface area contributed by atoms with Gasteiger partial charge in [0.05, 0.1) is 13.3 Å². The van der Waals surface area contributed by atoms with Crippen LogP contribution in [0, 0.1) is 5.92 Å². The molecule has 0 aliphatic carbocycles. The zero-order valence-corrected chi connectivity index (χ0v) is 7.45. The van der Waals surface area contributed by atoms with E-state index in [9.17, 15) is 5.11 Å². The monoisotopic (exact) mass is 175 g/mol. The van der Waals surface area contributed by atoms with Crippen molar-refractivity contribution in [2.45, 2.75) is 19.6 Å². The Morgan fingerprint density at radius 3 is 3.17 bits per heavy atom. The summed E-state index contributed by atoms with van der Waals surface area (Å²) in [5, 5.41) is 12.4. The molecular weight excluding hydrogens is 158 g/mol. The number of ether oxygens (including phenoxy) is 2. The van der Waals surface area contributed by atoms with Crippen LogP contribution in [0.25, 0.3) is 0 Å². The summed E-state index contributed by atoms with van der Waals surface area (Å²) in [7, 11) is 0. The molecule has 0 radical (unpaired) electrons. The molecule has 2 unspecified atom stereocenters. The SMILES string of the molecule is CCOCNC(O)C1CCOC1. The lowest BCUT2D eigenvalue weighted by Crippen LogP contribution is -2.37. The second-order valence-corrected chi connectivity index (χ2v) is 2.91. The molecule has 12 heavy (non-hydrogen) atoms. The molecule has 0 aromatic heterocycles. The number of aliphatic hydroxyl groups is 1. The zero-order valence-electron chi connectivity index (χ0n) is 7.45. The summed E-state index contributed by atoms with van der Waals surface area (Å²) in [4.78, 5) is 0. The minimum atomic E-state index is -0.487. The fourth-order valence-corrected chi connectivity index (χ4v) is 1.21. The van der Waals surface area contributed by atoms with Gasteiger partial charge in [-0.3, -0.25) is 5.32 Å². The summed E-state index contributed by atoms with van der Waals surface area (Å²) in [6.45, 7) is 4.42. The van der Waals surface area contributed by atoms with E-state index < -0.39 is 6.23 Å². The molecule has 0 saturated carbocycles. The summed E-state index contributed by atoms with van der Waals surface area (Å²) in [5.74, 6) is 0.227. The molecule has 4 heteroatoms. The van der Waals surface area contributed by atoms with Gasteiger partial charge in [-0.2, -0.15) is 0 Å². The molecule has 0 amide bonds. The number of rotatable bonds is 5. The van der Waals surface area contributed by atoms with E-state index in [-0.39, 0.29) is 5.92 Å². The average Bonchev–Trinajstić information content (AvgIpc) is 2.56. The largest absolute Gasteiger partial charge is 0.381 e. The Balaban J connectivity index is 2.05. The van der Waals surface area contributed by atoms with E-state index in [4.69, 9.17) is 9.47 Å². The van der Waals surface area contributed by atoms with Gasteiger partial charge in [0.15, 0.2) is 0 Å². The lowest BCUT2D eigenvalue weighted by molar-refractivity contribution is 0.0205. The molecule has 0 spiro atoms. The second kappa shape index (κ2) is 5.48. The van der Waals surface area contributed by atoms with Gasteiger partial charge < -0.3 is 14.6 Å². The maximum Gasteiger partial charge on any atom is 0.111 e. The number of nitrogens with one attached hydrogen (secondary N) is 1. The molecule has 2 atom stereocenters. The number of hydrogen-bond acceptors (Lipinski definition) is 4. The third-order valence-corrected chi connectivity index (χ3v) is 2.01. The summed E-state index contributed by atoms with van der Waals surface area (Å²) in [6, 6.07) is 0. The molecule has 4 nitrogen and oxygen atoms in total. The molecule has 0 bridgehead atoms. The van der Waals surface area contributed by atoms with Gasteiger partial charge in [-0.05, 0) is 13.3 Å². The highest BCUT2D eigenvalue weighted by molar-refractivity contribution is 4.69. The van der Waals surface area contributed by atoms with Crippen molar-refractivity contribution >= 4 is 0 Å². The maximum atomic E-state index is 9.50. The first-order valence-electron chi connectivity index (χ1n) is 4.41. The van der Waals surface area contributed by atoms with E-state index in [1.807, 2.05) is 6.92 Å². The van der Waals surface area contributed by atoms with Crippen LogP contribution in [0.1, 0.15) is 13.3 Å².